The van der Waals surface area contributed by atoms with E-state index < -0.39 is 11.9 Å². The van der Waals surface area contributed by atoms with Gasteiger partial charge in [0.05, 0.1) is 11.5 Å². The zero-order chi connectivity index (χ0) is 10.6. The minimum Gasteiger partial charge on any atom is -0.578 e. The first-order valence-electron chi connectivity index (χ1n) is 3.74. The zero-order valence-corrected chi connectivity index (χ0v) is 7.14. The SMILES string of the molecule is NC=C([O-])Oc1ccccc1C(=O)O. The Morgan fingerprint density at radius 1 is 1.50 bits per heavy atom. The number of nitrogens with two attached hydrogens (primary N) is 1. The first-order chi connectivity index (χ1) is 6.65. The van der Waals surface area contributed by atoms with Crippen molar-refractivity contribution in [3.63, 3.8) is 0 Å². The van der Waals surface area contributed by atoms with E-state index in [0.29, 0.717) is 0 Å². The van der Waals surface area contributed by atoms with Gasteiger partial charge in [-0.1, -0.05) is 12.1 Å². The summed E-state index contributed by atoms with van der Waals surface area (Å²) in [5, 5.41) is 19.5. The van der Waals surface area contributed by atoms with Gasteiger partial charge < -0.3 is 20.7 Å². The van der Waals surface area contributed by atoms with Crippen LogP contribution in [0.3, 0.4) is 0 Å². The molecule has 0 amide bonds. The van der Waals surface area contributed by atoms with E-state index in [2.05, 4.69) is 4.74 Å². The topological polar surface area (TPSA) is 95.6 Å². The van der Waals surface area contributed by atoms with Crippen molar-refractivity contribution in [2.45, 2.75) is 0 Å². The monoisotopic (exact) mass is 194 g/mol. The molecule has 3 N–H and O–H groups in total. The van der Waals surface area contributed by atoms with Crippen molar-refractivity contribution in [3.05, 3.63) is 42.0 Å². The van der Waals surface area contributed by atoms with E-state index in [4.69, 9.17) is 10.8 Å². The molecule has 14 heavy (non-hydrogen) atoms. The Kier molecular flexibility index (Phi) is 2.96. The van der Waals surface area contributed by atoms with Crippen LogP contribution in [0.1, 0.15) is 10.4 Å². The lowest BCUT2D eigenvalue weighted by Gasteiger charge is -2.16. The third kappa shape index (κ3) is 2.16. The first-order valence-corrected chi connectivity index (χ1v) is 3.74. The highest BCUT2D eigenvalue weighted by molar-refractivity contribution is 5.90. The van der Waals surface area contributed by atoms with Crippen LogP contribution < -0.4 is 15.6 Å². The maximum Gasteiger partial charge on any atom is 0.336 e. The van der Waals surface area contributed by atoms with E-state index in [1.54, 1.807) is 6.07 Å². The molecule has 1 rings (SSSR count). The van der Waals surface area contributed by atoms with Crippen LogP contribution in [0.15, 0.2) is 36.4 Å². The van der Waals surface area contributed by atoms with Crippen molar-refractivity contribution >= 4 is 5.97 Å². The molecule has 0 saturated heterocycles. The quantitative estimate of drug-likeness (QED) is 0.654. The van der Waals surface area contributed by atoms with Crippen molar-refractivity contribution < 1.29 is 19.7 Å². The molecular weight excluding hydrogens is 186 g/mol. The van der Waals surface area contributed by atoms with Gasteiger partial charge in [-0.15, -0.1) is 0 Å². The molecule has 5 heteroatoms. The summed E-state index contributed by atoms with van der Waals surface area (Å²) >= 11 is 0. The van der Waals surface area contributed by atoms with Gasteiger partial charge in [0, 0.05) is 11.9 Å². The lowest BCUT2D eigenvalue weighted by atomic mass is 10.2. The Labute approximate surface area is 80.0 Å². The molecule has 1 aromatic rings. The number of aromatic carboxylic acids is 1. The predicted octanol–water partition coefficient (Wildman–Crippen LogP) is -0.119. The summed E-state index contributed by atoms with van der Waals surface area (Å²) in [6.07, 6.45) is 0.721. The maximum absolute atomic E-state index is 10.8. The van der Waals surface area contributed by atoms with E-state index in [-0.39, 0.29) is 11.3 Å². The minimum atomic E-state index is -1.16. The number of carboxylic acids is 1. The van der Waals surface area contributed by atoms with E-state index in [0.717, 1.165) is 6.20 Å². The number of rotatable bonds is 3. The summed E-state index contributed by atoms with van der Waals surface area (Å²) in [4.78, 5) is 10.7. The second-order valence-electron chi connectivity index (χ2n) is 2.39. The molecular formula is C9H8NO4-. The van der Waals surface area contributed by atoms with Crippen LogP contribution in [-0.4, -0.2) is 11.1 Å². The normalized spacial score (nSPS) is 11.0. The highest BCUT2D eigenvalue weighted by Crippen LogP contribution is 2.18. The molecule has 0 spiro atoms. The Morgan fingerprint density at radius 2 is 2.14 bits per heavy atom. The summed E-state index contributed by atoms with van der Waals surface area (Å²) in [5.41, 5.74) is 4.82. The molecule has 0 aliphatic carbocycles. The molecule has 0 aliphatic heterocycles. The Balaban J connectivity index is 3.02. The largest absolute Gasteiger partial charge is 0.578 e. The van der Waals surface area contributed by atoms with Crippen molar-refractivity contribution in [2.24, 2.45) is 5.73 Å². The van der Waals surface area contributed by atoms with Gasteiger partial charge in [-0.2, -0.15) is 0 Å². The fourth-order valence-corrected chi connectivity index (χ4v) is 0.875. The molecule has 0 heterocycles. The summed E-state index contributed by atoms with van der Waals surface area (Å²) in [5.74, 6) is -1.98. The lowest BCUT2D eigenvalue weighted by Crippen LogP contribution is -2.14. The number of carboxylic acid groups (broad SMARTS) is 1. The Bertz CT molecular complexity index is 373. The summed E-state index contributed by atoms with van der Waals surface area (Å²) in [6.45, 7) is 0. The average Bonchev–Trinajstić information content (AvgIpc) is 2.18. The van der Waals surface area contributed by atoms with Crippen molar-refractivity contribution in [3.8, 4) is 5.75 Å². The van der Waals surface area contributed by atoms with Crippen LogP contribution in [0.4, 0.5) is 0 Å². The summed E-state index contributed by atoms with van der Waals surface area (Å²) in [7, 11) is 0. The number of para-hydroxylation sites is 1. The molecule has 0 radical (unpaired) electrons. The molecule has 1 aromatic carbocycles. The van der Waals surface area contributed by atoms with Gasteiger partial charge in [-0.3, -0.25) is 0 Å². The van der Waals surface area contributed by atoms with E-state index in [1.165, 1.54) is 18.2 Å². The summed E-state index contributed by atoms with van der Waals surface area (Å²) in [6, 6.07) is 5.81. The third-order valence-electron chi connectivity index (χ3n) is 1.46. The molecule has 0 aliphatic rings. The van der Waals surface area contributed by atoms with Gasteiger partial charge in [0.1, 0.15) is 0 Å². The molecule has 0 bridgehead atoms. The summed E-state index contributed by atoms with van der Waals surface area (Å²) < 4.78 is 4.66. The molecule has 5 nitrogen and oxygen atoms in total. The van der Waals surface area contributed by atoms with Gasteiger partial charge in [0.15, 0.2) is 0 Å². The number of carbonyl (C=O) groups is 1. The Morgan fingerprint density at radius 3 is 2.71 bits per heavy atom. The van der Waals surface area contributed by atoms with Gasteiger partial charge in [0.25, 0.3) is 0 Å². The van der Waals surface area contributed by atoms with Crippen LogP contribution in [0.25, 0.3) is 0 Å². The smallest absolute Gasteiger partial charge is 0.336 e. The minimum absolute atomic E-state index is 0.0216. The second kappa shape index (κ2) is 4.18. The Hall–Kier alpha value is -2.17. The predicted molar refractivity (Wildman–Crippen MR) is 46.3 cm³/mol. The highest BCUT2D eigenvalue weighted by Gasteiger charge is 2.05. The third-order valence-corrected chi connectivity index (χ3v) is 1.46. The van der Waals surface area contributed by atoms with E-state index in [9.17, 15) is 9.90 Å². The first kappa shape index (κ1) is 9.91. The van der Waals surface area contributed by atoms with E-state index in [1.807, 2.05) is 0 Å². The zero-order valence-electron chi connectivity index (χ0n) is 7.14. The second-order valence-corrected chi connectivity index (χ2v) is 2.39. The van der Waals surface area contributed by atoms with Crippen molar-refractivity contribution in [1.82, 2.24) is 0 Å². The highest BCUT2D eigenvalue weighted by atomic mass is 16.6. The standard InChI is InChI=1S/C9H9NO4/c10-5-8(11)14-7-4-2-1-3-6(7)9(12)13/h1-5,11H,10H2,(H,12,13)/p-1. The fourth-order valence-electron chi connectivity index (χ4n) is 0.875. The maximum atomic E-state index is 10.8. The van der Waals surface area contributed by atoms with Crippen molar-refractivity contribution in [2.75, 3.05) is 0 Å². The fraction of sp³-hybridized carbons (Fsp3) is 0. The van der Waals surface area contributed by atoms with Crippen LogP contribution in [0.2, 0.25) is 0 Å². The van der Waals surface area contributed by atoms with Crippen LogP contribution in [-0.2, 0) is 0 Å². The van der Waals surface area contributed by atoms with Gasteiger partial charge in [0.2, 0.25) is 0 Å². The number of hydrogen-bond donors (Lipinski definition) is 2. The lowest BCUT2D eigenvalue weighted by molar-refractivity contribution is -0.342. The van der Waals surface area contributed by atoms with Gasteiger partial charge >= 0.3 is 5.97 Å². The van der Waals surface area contributed by atoms with E-state index >= 15 is 0 Å². The van der Waals surface area contributed by atoms with Crippen LogP contribution in [0, 0.1) is 0 Å². The van der Waals surface area contributed by atoms with Crippen LogP contribution >= 0.6 is 0 Å². The molecule has 0 fully saturated rings. The number of benzene rings is 1. The van der Waals surface area contributed by atoms with Crippen LogP contribution in [0.5, 0.6) is 5.75 Å². The molecule has 0 aromatic heterocycles. The molecule has 0 atom stereocenters. The number of ether oxygens (including phenoxy) is 1. The molecule has 0 unspecified atom stereocenters. The number of hydrogen-bond acceptors (Lipinski definition) is 4. The van der Waals surface area contributed by atoms with Gasteiger partial charge in [-0.05, 0) is 12.1 Å². The molecule has 74 valence electrons. The average molecular weight is 194 g/mol. The van der Waals surface area contributed by atoms with Crippen molar-refractivity contribution in [1.29, 1.82) is 0 Å². The van der Waals surface area contributed by atoms with Gasteiger partial charge in [-0.25, -0.2) is 4.79 Å². The molecule has 0 saturated carbocycles.